The molecule has 2 nitrogen and oxygen atoms in total. The molecule has 1 heterocycles. The maximum Gasteiger partial charge on any atom is 0.163 e. The molecule has 0 saturated heterocycles. The second kappa shape index (κ2) is 8.60. The molecule has 5 aromatic carbocycles. The normalized spacial score (nSPS) is 15.5. The summed E-state index contributed by atoms with van der Waals surface area (Å²) in [6, 6.07) is 45.6. The minimum atomic E-state index is -0.476. The number of anilines is 3. The molecule has 178 valence electrons. The van der Waals surface area contributed by atoms with Gasteiger partial charge in [0, 0.05) is 17.7 Å². The van der Waals surface area contributed by atoms with Crippen LogP contribution >= 0.6 is 0 Å². The molecular formula is C35H27NO. The number of benzene rings is 5. The molecule has 0 amide bonds. The molecule has 0 saturated carbocycles. The van der Waals surface area contributed by atoms with E-state index in [0.717, 1.165) is 35.5 Å². The molecule has 0 bridgehead atoms. The SMILES string of the molecule is O=C1CCCc2ccc(N3c4ccccc4C(c4ccccc4)(c4ccccc4)c4ccccc43)cc21. The summed E-state index contributed by atoms with van der Waals surface area (Å²) in [5, 5.41) is 0. The van der Waals surface area contributed by atoms with Crippen LogP contribution in [-0.4, -0.2) is 5.78 Å². The molecule has 1 aliphatic heterocycles. The van der Waals surface area contributed by atoms with E-state index in [0.29, 0.717) is 6.42 Å². The average molecular weight is 478 g/mol. The van der Waals surface area contributed by atoms with E-state index in [-0.39, 0.29) is 5.78 Å². The van der Waals surface area contributed by atoms with Crippen LogP contribution in [0.2, 0.25) is 0 Å². The van der Waals surface area contributed by atoms with Crippen molar-refractivity contribution in [3.05, 3.63) is 161 Å². The number of para-hydroxylation sites is 2. The summed E-state index contributed by atoms with van der Waals surface area (Å²) < 4.78 is 0. The lowest BCUT2D eigenvalue weighted by Crippen LogP contribution is -2.37. The van der Waals surface area contributed by atoms with Gasteiger partial charge < -0.3 is 4.90 Å². The highest BCUT2D eigenvalue weighted by Gasteiger charge is 2.46. The Morgan fingerprint density at radius 1 is 0.568 bits per heavy atom. The molecule has 0 atom stereocenters. The largest absolute Gasteiger partial charge is 0.310 e. The van der Waals surface area contributed by atoms with Crippen LogP contribution in [0.1, 0.15) is 51.0 Å². The lowest BCUT2D eigenvalue weighted by atomic mass is 9.62. The number of aryl methyl sites for hydroxylation is 1. The number of nitrogens with zero attached hydrogens (tertiary/aromatic N) is 1. The van der Waals surface area contributed by atoms with Crippen molar-refractivity contribution in [3.8, 4) is 0 Å². The van der Waals surface area contributed by atoms with Crippen LogP contribution in [-0.2, 0) is 11.8 Å². The van der Waals surface area contributed by atoms with Gasteiger partial charge in [-0.05, 0) is 64.9 Å². The fourth-order valence-electron chi connectivity index (χ4n) is 6.44. The third-order valence-electron chi connectivity index (χ3n) is 8.01. The van der Waals surface area contributed by atoms with Gasteiger partial charge in [-0.15, -0.1) is 0 Å². The van der Waals surface area contributed by atoms with E-state index in [2.05, 4.69) is 132 Å². The van der Waals surface area contributed by atoms with E-state index < -0.39 is 5.41 Å². The van der Waals surface area contributed by atoms with Crippen LogP contribution < -0.4 is 4.90 Å². The van der Waals surface area contributed by atoms with E-state index in [1.165, 1.54) is 27.8 Å². The van der Waals surface area contributed by atoms with Crippen molar-refractivity contribution in [1.29, 1.82) is 0 Å². The van der Waals surface area contributed by atoms with Gasteiger partial charge in [0.2, 0.25) is 0 Å². The van der Waals surface area contributed by atoms with Crippen LogP contribution in [0.5, 0.6) is 0 Å². The second-order valence-electron chi connectivity index (χ2n) is 9.97. The summed E-state index contributed by atoms with van der Waals surface area (Å²) in [6.07, 6.45) is 2.55. The van der Waals surface area contributed by atoms with Crippen molar-refractivity contribution in [3.63, 3.8) is 0 Å². The summed E-state index contributed by atoms with van der Waals surface area (Å²) in [5.74, 6) is 0.254. The highest BCUT2D eigenvalue weighted by Crippen LogP contribution is 2.57. The first-order valence-electron chi connectivity index (χ1n) is 13.0. The third-order valence-corrected chi connectivity index (χ3v) is 8.01. The zero-order valence-electron chi connectivity index (χ0n) is 20.6. The maximum absolute atomic E-state index is 12.9. The monoisotopic (exact) mass is 477 g/mol. The van der Waals surface area contributed by atoms with Gasteiger partial charge in [-0.3, -0.25) is 4.79 Å². The Hall–Kier alpha value is -4.43. The van der Waals surface area contributed by atoms with E-state index in [1.54, 1.807) is 0 Å². The van der Waals surface area contributed by atoms with Crippen molar-refractivity contribution in [2.45, 2.75) is 24.7 Å². The van der Waals surface area contributed by atoms with Crippen molar-refractivity contribution in [2.75, 3.05) is 4.90 Å². The van der Waals surface area contributed by atoms with Crippen molar-refractivity contribution in [1.82, 2.24) is 0 Å². The number of fused-ring (bicyclic) bond motifs is 3. The standard InChI is InChI=1S/C35H27NO/c37-34-21-11-12-25-22-23-28(24-29(25)34)36-32-19-9-7-17-30(32)35(26-13-3-1-4-14-26,27-15-5-2-6-16-27)31-18-8-10-20-33(31)36/h1-10,13-20,22-24H,11-12,21H2. The van der Waals surface area contributed by atoms with Gasteiger partial charge >= 0.3 is 0 Å². The zero-order valence-corrected chi connectivity index (χ0v) is 20.6. The Labute approximate surface area is 217 Å². The van der Waals surface area contributed by atoms with E-state index in [4.69, 9.17) is 0 Å². The molecule has 37 heavy (non-hydrogen) atoms. The van der Waals surface area contributed by atoms with Gasteiger partial charge in [0.25, 0.3) is 0 Å². The zero-order chi connectivity index (χ0) is 24.8. The van der Waals surface area contributed by atoms with Gasteiger partial charge in [0.05, 0.1) is 16.8 Å². The van der Waals surface area contributed by atoms with E-state index >= 15 is 0 Å². The van der Waals surface area contributed by atoms with Crippen molar-refractivity contribution >= 4 is 22.8 Å². The Morgan fingerprint density at radius 2 is 1.11 bits per heavy atom. The molecule has 0 N–H and O–H groups in total. The molecule has 0 spiro atoms. The Morgan fingerprint density at radius 3 is 1.70 bits per heavy atom. The van der Waals surface area contributed by atoms with Crippen LogP contribution in [0.3, 0.4) is 0 Å². The maximum atomic E-state index is 12.9. The second-order valence-corrected chi connectivity index (χ2v) is 9.97. The summed E-state index contributed by atoms with van der Waals surface area (Å²) in [5.41, 5.74) is 9.81. The molecule has 1 aliphatic carbocycles. The molecule has 0 unspecified atom stereocenters. The topological polar surface area (TPSA) is 20.3 Å². The Bertz CT molecular complexity index is 1530. The lowest BCUT2D eigenvalue weighted by molar-refractivity contribution is 0.0972. The fraction of sp³-hybridized carbons (Fsp3) is 0.114. The fourth-order valence-corrected chi connectivity index (χ4v) is 6.44. The first kappa shape index (κ1) is 21.8. The lowest BCUT2D eigenvalue weighted by Gasteiger charge is -2.46. The van der Waals surface area contributed by atoms with Gasteiger partial charge in [-0.2, -0.15) is 0 Å². The van der Waals surface area contributed by atoms with Gasteiger partial charge in [-0.1, -0.05) is 103 Å². The highest BCUT2D eigenvalue weighted by atomic mass is 16.1. The van der Waals surface area contributed by atoms with Gasteiger partial charge in [0.15, 0.2) is 5.78 Å². The van der Waals surface area contributed by atoms with Crippen LogP contribution in [0.4, 0.5) is 17.1 Å². The third kappa shape index (κ3) is 3.22. The van der Waals surface area contributed by atoms with Crippen LogP contribution in [0, 0.1) is 0 Å². The van der Waals surface area contributed by atoms with E-state index in [9.17, 15) is 4.79 Å². The summed E-state index contributed by atoms with van der Waals surface area (Å²) in [4.78, 5) is 15.2. The van der Waals surface area contributed by atoms with Crippen molar-refractivity contribution < 1.29 is 4.79 Å². The number of carbonyl (C=O) groups excluding carboxylic acids is 1. The number of carbonyl (C=O) groups is 1. The summed E-state index contributed by atoms with van der Waals surface area (Å²) >= 11 is 0. The average Bonchev–Trinajstić information content (AvgIpc) is 2.97. The number of hydrogen-bond donors (Lipinski definition) is 0. The first-order chi connectivity index (χ1) is 18.3. The predicted molar refractivity (Wildman–Crippen MR) is 150 cm³/mol. The van der Waals surface area contributed by atoms with Crippen molar-refractivity contribution in [2.24, 2.45) is 0 Å². The number of ketones is 1. The number of hydrogen-bond acceptors (Lipinski definition) is 2. The quantitative estimate of drug-likeness (QED) is 0.255. The minimum absolute atomic E-state index is 0.254. The first-order valence-corrected chi connectivity index (χ1v) is 13.0. The molecule has 7 rings (SSSR count). The molecule has 0 aromatic heterocycles. The molecular weight excluding hydrogens is 450 g/mol. The van der Waals surface area contributed by atoms with Gasteiger partial charge in [0.1, 0.15) is 0 Å². The van der Waals surface area contributed by atoms with Crippen LogP contribution in [0.25, 0.3) is 0 Å². The molecule has 0 fully saturated rings. The molecule has 5 aromatic rings. The Balaban J connectivity index is 1.57. The number of rotatable bonds is 3. The predicted octanol–water partition coefficient (Wildman–Crippen LogP) is 8.37. The Kier molecular flexibility index (Phi) is 5.07. The molecule has 0 radical (unpaired) electrons. The minimum Gasteiger partial charge on any atom is -0.310 e. The molecule has 2 aliphatic rings. The highest BCUT2D eigenvalue weighted by molar-refractivity contribution is 6.00. The van der Waals surface area contributed by atoms with Crippen LogP contribution in [0.15, 0.2) is 127 Å². The molecule has 2 heteroatoms. The van der Waals surface area contributed by atoms with E-state index in [1.807, 2.05) is 0 Å². The smallest absolute Gasteiger partial charge is 0.163 e. The summed E-state index contributed by atoms with van der Waals surface area (Å²) in [6.45, 7) is 0. The number of Topliss-reactive ketones (excluding diaryl/α,β-unsaturated/α-hetero) is 1. The van der Waals surface area contributed by atoms with Gasteiger partial charge in [-0.25, -0.2) is 0 Å². The summed E-state index contributed by atoms with van der Waals surface area (Å²) in [7, 11) is 0.